The van der Waals surface area contributed by atoms with Gasteiger partial charge >= 0.3 is 0 Å². The van der Waals surface area contributed by atoms with Crippen LogP contribution in [0.4, 0.5) is 0 Å². The minimum atomic E-state index is -0.413. The van der Waals surface area contributed by atoms with Crippen LogP contribution >= 0.6 is 0 Å². The van der Waals surface area contributed by atoms with Crippen LogP contribution in [0.5, 0.6) is 0 Å². The predicted octanol–water partition coefficient (Wildman–Crippen LogP) is 2.42. The summed E-state index contributed by atoms with van der Waals surface area (Å²) in [5, 5.41) is 3.01. The van der Waals surface area contributed by atoms with Gasteiger partial charge in [0.2, 0.25) is 5.91 Å². The monoisotopic (exact) mass is 262 g/mol. The highest BCUT2D eigenvalue weighted by atomic mass is 16.2. The molecule has 0 saturated heterocycles. The molecule has 3 nitrogen and oxygen atoms in total. The minimum Gasteiger partial charge on any atom is -0.352 e. The highest BCUT2D eigenvalue weighted by molar-refractivity contribution is 5.82. The molecule has 0 spiro atoms. The van der Waals surface area contributed by atoms with Gasteiger partial charge in [0.15, 0.2) is 0 Å². The standard InChI is InChI=1S/C16H26N2O/c1-5-11(2)15(17)16(19)18-13(4)10-14-9-7-6-8-12(14)3/h6-9,11,13,15H,5,10,17H2,1-4H3,(H,18,19)/t11-,13?,15-/m0/s1. The summed E-state index contributed by atoms with van der Waals surface area (Å²) in [6, 6.07) is 7.94. The molecule has 0 aliphatic carbocycles. The molecule has 3 heteroatoms. The maximum Gasteiger partial charge on any atom is 0.237 e. The van der Waals surface area contributed by atoms with Crippen LogP contribution in [-0.2, 0) is 11.2 Å². The van der Waals surface area contributed by atoms with Crippen LogP contribution < -0.4 is 11.1 Å². The van der Waals surface area contributed by atoms with E-state index in [1.165, 1.54) is 11.1 Å². The lowest BCUT2D eigenvalue weighted by molar-refractivity contribution is -0.124. The molecule has 0 bridgehead atoms. The van der Waals surface area contributed by atoms with E-state index in [0.29, 0.717) is 0 Å². The fraction of sp³-hybridized carbons (Fsp3) is 0.562. The number of aryl methyl sites for hydroxylation is 1. The fourth-order valence-electron chi connectivity index (χ4n) is 2.07. The van der Waals surface area contributed by atoms with E-state index < -0.39 is 6.04 Å². The normalized spacial score (nSPS) is 15.6. The summed E-state index contributed by atoms with van der Waals surface area (Å²) in [6.45, 7) is 8.17. The number of hydrogen-bond acceptors (Lipinski definition) is 2. The summed E-state index contributed by atoms with van der Waals surface area (Å²) >= 11 is 0. The molecule has 0 aliphatic heterocycles. The van der Waals surface area contributed by atoms with Gasteiger partial charge in [0.05, 0.1) is 6.04 Å². The van der Waals surface area contributed by atoms with Crippen molar-refractivity contribution >= 4 is 5.91 Å². The van der Waals surface area contributed by atoms with Crippen molar-refractivity contribution in [2.75, 3.05) is 0 Å². The third-order valence-electron chi connectivity index (χ3n) is 3.74. The van der Waals surface area contributed by atoms with Gasteiger partial charge < -0.3 is 11.1 Å². The number of benzene rings is 1. The molecule has 1 unspecified atom stereocenters. The van der Waals surface area contributed by atoms with Crippen LogP contribution in [0.3, 0.4) is 0 Å². The first kappa shape index (κ1) is 15.7. The SMILES string of the molecule is CC[C@H](C)[C@H](N)C(=O)NC(C)Cc1ccccc1C. The van der Waals surface area contributed by atoms with Crippen molar-refractivity contribution in [3.05, 3.63) is 35.4 Å². The molecule has 0 aromatic heterocycles. The molecule has 0 aliphatic rings. The third kappa shape index (κ3) is 4.67. The Morgan fingerprint density at radius 1 is 1.32 bits per heavy atom. The largest absolute Gasteiger partial charge is 0.352 e. The van der Waals surface area contributed by atoms with Crippen LogP contribution in [-0.4, -0.2) is 18.0 Å². The Morgan fingerprint density at radius 3 is 2.53 bits per heavy atom. The first-order valence-corrected chi connectivity index (χ1v) is 7.06. The van der Waals surface area contributed by atoms with Gasteiger partial charge in [0, 0.05) is 6.04 Å². The zero-order chi connectivity index (χ0) is 14.4. The van der Waals surface area contributed by atoms with Crippen LogP contribution in [0.15, 0.2) is 24.3 Å². The second-order valence-corrected chi connectivity index (χ2v) is 5.45. The van der Waals surface area contributed by atoms with E-state index >= 15 is 0 Å². The van der Waals surface area contributed by atoms with Gasteiger partial charge in [-0.25, -0.2) is 0 Å². The molecular weight excluding hydrogens is 236 g/mol. The molecule has 19 heavy (non-hydrogen) atoms. The van der Waals surface area contributed by atoms with E-state index in [1.54, 1.807) is 0 Å². The van der Waals surface area contributed by atoms with Crippen LogP contribution in [0, 0.1) is 12.8 Å². The lowest BCUT2D eigenvalue weighted by Crippen LogP contribution is -2.48. The van der Waals surface area contributed by atoms with Crippen molar-refractivity contribution in [1.82, 2.24) is 5.32 Å². The summed E-state index contributed by atoms with van der Waals surface area (Å²) < 4.78 is 0. The van der Waals surface area contributed by atoms with Crippen molar-refractivity contribution in [3.63, 3.8) is 0 Å². The second kappa shape index (κ2) is 7.29. The predicted molar refractivity (Wildman–Crippen MR) is 79.9 cm³/mol. The van der Waals surface area contributed by atoms with Crippen LogP contribution in [0.2, 0.25) is 0 Å². The van der Waals surface area contributed by atoms with Crippen molar-refractivity contribution in [1.29, 1.82) is 0 Å². The number of hydrogen-bond donors (Lipinski definition) is 2. The number of carbonyl (C=O) groups is 1. The molecule has 3 N–H and O–H groups in total. The Balaban J connectivity index is 2.54. The summed E-state index contributed by atoms with van der Waals surface area (Å²) in [4.78, 5) is 12.0. The average Bonchev–Trinajstić information content (AvgIpc) is 2.39. The van der Waals surface area contributed by atoms with Gasteiger partial charge in [-0.3, -0.25) is 4.79 Å². The smallest absolute Gasteiger partial charge is 0.237 e. The lowest BCUT2D eigenvalue weighted by atomic mass is 9.98. The molecule has 0 fully saturated rings. The summed E-state index contributed by atoms with van der Waals surface area (Å²) in [5.41, 5.74) is 8.46. The molecule has 106 valence electrons. The lowest BCUT2D eigenvalue weighted by Gasteiger charge is -2.21. The fourth-order valence-corrected chi connectivity index (χ4v) is 2.07. The number of carbonyl (C=O) groups excluding carboxylic acids is 1. The van der Waals surface area contributed by atoms with E-state index in [4.69, 9.17) is 5.73 Å². The first-order valence-electron chi connectivity index (χ1n) is 7.06. The molecule has 1 amide bonds. The quantitative estimate of drug-likeness (QED) is 0.827. The maximum atomic E-state index is 12.0. The highest BCUT2D eigenvalue weighted by Crippen LogP contribution is 2.10. The Morgan fingerprint density at radius 2 is 1.95 bits per heavy atom. The van der Waals surface area contributed by atoms with E-state index in [9.17, 15) is 4.79 Å². The number of amides is 1. The van der Waals surface area contributed by atoms with Gasteiger partial charge in [0.1, 0.15) is 0 Å². The molecule has 0 heterocycles. The minimum absolute atomic E-state index is 0.0459. The summed E-state index contributed by atoms with van der Waals surface area (Å²) in [5.74, 6) is 0.168. The van der Waals surface area contributed by atoms with Crippen molar-refractivity contribution in [2.24, 2.45) is 11.7 Å². The van der Waals surface area contributed by atoms with Gasteiger partial charge in [-0.2, -0.15) is 0 Å². The second-order valence-electron chi connectivity index (χ2n) is 5.45. The van der Waals surface area contributed by atoms with E-state index in [1.807, 2.05) is 26.0 Å². The summed E-state index contributed by atoms with van der Waals surface area (Å²) in [7, 11) is 0. The summed E-state index contributed by atoms with van der Waals surface area (Å²) in [6.07, 6.45) is 1.76. The van der Waals surface area contributed by atoms with Gasteiger partial charge in [-0.05, 0) is 37.3 Å². The number of nitrogens with two attached hydrogens (primary N) is 1. The van der Waals surface area contributed by atoms with Crippen molar-refractivity contribution in [3.8, 4) is 0 Å². The van der Waals surface area contributed by atoms with Gasteiger partial charge in [-0.1, -0.05) is 44.5 Å². The van der Waals surface area contributed by atoms with E-state index in [-0.39, 0.29) is 17.9 Å². The van der Waals surface area contributed by atoms with E-state index in [0.717, 1.165) is 12.8 Å². The van der Waals surface area contributed by atoms with Crippen LogP contribution in [0.1, 0.15) is 38.3 Å². The molecule has 1 aromatic rings. The maximum absolute atomic E-state index is 12.0. The molecule has 3 atom stereocenters. The zero-order valence-electron chi connectivity index (χ0n) is 12.4. The first-order chi connectivity index (χ1) is 8.95. The molecule has 0 radical (unpaired) electrons. The highest BCUT2D eigenvalue weighted by Gasteiger charge is 2.20. The van der Waals surface area contributed by atoms with Crippen LogP contribution in [0.25, 0.3) is 0 Å². The van der Waals surface area contributed by atoms with Gasteiger partial charge in [0.25, 0.3) is 0 Å². The molecular formula is C16H26N2O. The number of nitrogens with one attached hydrogen (secondary N) is 1. The Hall–Kier alpha value is -1.35. The molecule has 1 aromatic carbocycles. The Labute approximate surface area is 116 Å². The molecule has 1 rings (SSSR count). The van der Waals surface area contributed by atoms with Crippen molar-refractivity contribution in [2.45, 2.75) is 52.6 Å². The zero-order valence-corrected chi connectivity index (χ0v) is 12.4. The van der Waals surface area contributed by atoms with E-state index in [2.05, 4.69) is 31.3 Å². The Bertz CT molecular complexity index is 417. The van der Waals surface area contributed by atoms with Gasteiger partial charge in [-0.15, -0.1) is 0 Å². The topological polar surface area (TPSA) is 55.1 Å². The average molecular weight is 262 g/mol. The Kier molecular flexibility index (Phi) is 6.03. The number of rotatable bonds is 6. The van der Waals surface area contributed by atoms with Crippen molar-refractivity contribution < 1.29 is 4.79 Å². The molecule has 0 saturated carbocycles. The third-order valence-corrected chi connectivity index (χ3v) is 3.74.